The monoisotopic (exact) mass is 254 g/mol. The van der Waals surface area contributed by atoms with Crippen LogP contribution in [0.5, 0.6) is 0 Å². The highest BCUT2D eigenvalue weighted by Crippen LogP contribution is 2.12. The van der Waals surface area contributed by atoms with Gasteiger partial charge in [0.1, 0.15) is 0 Å². The summed E-state index contributed by atoms with van der Waals surface area (Å²) in [5.41, 5.74) is 7.81. The number of rotatable bonds is 4. The molecule has 0 aliphatic rings. The van der Waals surface area contributed by atoms with E-state index >= 15 is 0 Å². The molecule has 0 fully saturated rings. The first-order valence-corrected chi connectivity index (χ1v) is 7.00. The minimum atomic E-state index is -0.931. The minimum Gasteiger partial charge on any atom is -0.398 e. The first-order chi connectivity index (χ1) is 7.91. The van der Waals surface area contributed by atoms with Gasteiger partial charge in [-0.25, -0.2) is 0 Å². The second-order valence-corrected chi connectivity index (χ2v) is 5.89. The van der Waals surface area contributed by atoms with Gasteiger partial charge in [0, 0.05) is 40.1 Å². The molecule has 2 atom stereocenters. The van der Waals surface area contributed by atoms with Crippen LogP contribution in [-0.2, 0) is 10.8 Å². The molecule has 2 unspecified atom stereocenters. The van der Waals surface area contributed by atoms with Crippen molar-refractivity contribution < 1.29 is 9.00 Å². The summed E-state index contributed by atoms with van der Waals surface area (Å²) in [6.45, 7) is 4.12. The predicted molar refractivity (Wildman–Crippen MR) is 71.5 cm³/mol. The van der Waals surface area contributed by atoms with E-state index in [4.69, 9.17) is 5.73 Å². The fraction of sp³-hybridized carbons (Fsp3) is 0.417. The number of nitrogen functional groups attached to an aromatic ring is 1. The van der Waals surface area contributed by atoms with E-state index in [2.05, 4.69) is 5.32 Å². The van der Waals surface area contributed by atoms with E-state index in [0.717, 1.165) is 5.56 Å². The number of carbonyl (C=O) groups is 1. The first kappa shape index (κ1) is 13.7. The zero-order valence-electron chi connectivity index (χ0n) is 10.3. The van der Waals surface area contributed by atoms with Gasteiger partial charge in [0.25, 0.3) is 5.91 Å². The zero-order valence-corrected chi connectivity index (χ0v) is 11.1. The van der Waals surface area contributed by atoms with E-state index in [9.17, 15) is 9.00 Å². The number of aryl methyl sites for hydroxylation is 1. The van der Waals surface area contributed by atoms with Gasteiger partial charge < -0.3 is 11.1 Å². The number of benzene rings is 1. The lowest BCUT2D eigenvalue weighted by molar-refractivity contribution is 0.0954. The van der Waals surface area contributed by atoms with Crippen molar-refractivity contribution in [3.63, 3.8) is 0 Å². The molecule has 17 heavy (non-hydrogen) atoms. The SMILES string of the molecule is Cc1ccc(C(=O)NCC(C)S(C)=O)cc1N. The Morgan fingerprint density at radius 3 is 2.71 bits per heavy atom. The zero-order chi connectivity index (χ0) is 13.0. The van der Waals surface area contributed by atoms with E-state index in [-0.39, 0.29) is 11.2 Å². The molecular weight excluding hydrogens is 236 g/mol. The van der Waals surface area contributed by atoms with Crippen LogP contribution in [0.2, 0.25) is 0 Å². The standard InChI is InChI=1S/C12H18N2O2S/c1-8-4-5-10(6-11(8)13)12(15)14-7-9(2)17(3)16/h4-6,9H,7,13H2,1-3H3,(H,14,15). The van der Waals surface area contributed by atoms with Crippen LogP contribution >= 0.6 is 0 Å². The fourth-order valence-electron chi connectivity index (χ4n) is 1.24. The highest BCUT2D eigenvalue weighted by atomic mass is 32.2. The van der Waals surface area contributed by atoms with Crippen molar-refractivity contribution in [1.29, 1.82) is 0 Å². The van der Waals surface area contributed by atoms with E-state index in [1.807, 2.05) is 19.9 Å². The van der Waals surface area contributed by atoms with Crippen molar-refractivity contribution >= 4 is 22.4 Å². The third kappa shape index (κ3) is 3.85. The van der Waals surface area contributed by atoms with Crippen LogP contribution in [0.15, 0.2) is 18.2 Å². The lowest BCUT2D eigenvalue weighted by Gasteiger charge is -2.10. The maximum atomic E-state index is 11.8. The molecule has 0 aromatic heterocycles. The molecule has 0 spiro atoms. The normalized spacial score (nSPS) is 14.1. The van der Waals surface area contributed by atoms with Crippen molar-refractivity contribution in [3.8, 4) is 0 Å². The minimum absolute atomic E-state index is 0.0539. The molecule has 0 heterocycles. The average molecular weight is 254 g/mol. The second-order valence-electron chi connectivity index (χ2n) is 4.09. The highest BCUT2D eigenvalue weighted by Gasteiger charge is 2.10. The largest absolute Gasteiger partial charge is 0.398 e. The summed E-state index contributed by atoms with van der Waals surface area (Å²) in [5.74, 6) is -0.186. The van der Waals surface area contributed by atoms with E-state index < -0.39 is 10.8 Å². The van der Waals surface area contributed by atoms with Crippen LogP contribution in [0, 0.1) is 6.92 Å². The third-order valence-electron chi connectivity index (χ3n) is 2.66. The molecule has 0 radical (unpaired) electrons. The molecule has 5 heteroatoms. The lowest BCUT2D eigenvalue weighted by Crippen LogP contribution is -2.32. The molecule has 4 nitrogen and oxygen atoms in total. The van der Waals surface area contributed by atoms with Gasteiger partial charge in [-0.3, -0.25) is 9.00 Å². The smallest absolute Gasteiger partial charge is 0.251 e. The maximum absolute atomic E-state index is 11.8. The van der Waals surface area contributed by atoms with Gasteiger partial charge in [0.15, 0.2) is 0 Å². The molecule has 0 saturated heterocycles. The van der Waals surface area contributed by atoms with Gasteiger partial charge in [-0.15, -0.1) is 0 Å². The molecule has 0 aliphatic heterocycles. The van der Waals surface area contributed by atoms with Gasteiger partial charge in [0.2, 0.25) is 0 Å². The van der Waals surface area contributed by atoms with Gasteiger partial charge in [-0.05, 0) is 31.5 Å². The van der Waals surface area contributed by atoms with Crippen LogP contribution in [0.1, 0.15) is 22.8 Å². The number of carbonyl (C=O) groups excluding carboxylic acids is 1. The van der Waals surface area contributed by atoms with Crippen molar-refractivity contribution in [2.45, 2.75) is 19.1 Å². The van der Waals surface area contributed by atoms with Gasteiger partial charge in [-0.2, -0.15) is 0 Å². The molecule has 1 aromatic carbocycles. The number of hydrogen-bond donors (Lipinski definition) is 2. The Labute approximate surface area is 104 Å². The topological polar surface area (TPSA) is 72.2 Å². The summed E-state index contributed by atoms with van der Waals surface area (Å²) in [4.78, 5) is 11.8. The Hall–Kier alpha value is -1.36. The highest BCUT2D eigenvalue weighted by molar-refractivity contribution is 7.84. The van der Waals surface area contributed by atoms with Crippen molar-refractivity contribution in [1.82, 2.24) is 5.32 Å². The van der Waals surface area contributed by atoms with Gasteiger partial charge in [0.05, 0.1) is 0 Å². The summed E-state index contributed by atoms with van der Waals surface area (Å²) >= 11 is 0. The van der Waals surface area contributed by atoms with Gasteiger partial charge in [-0.1, -0.05) is 6.07 Å². The molecule has 1 rings (SSSR count). The predicted octanol–water partition coefficient (Wildman–Crippen LogP) is 1.07. The van der Waals surface area contributed by atoms with Crippen LogP contribution in [0.3, 0.4) is 0 Å². The van der Waals surface area contributed by atoms with E-state index in [1.165, 1.54) is 0 Å². The molecule has 1 aromatic rings. The van der Waals surface area contributed by atoms with Crippen LogP contribution in [0.4, 0.5) is 5.69 Å². The van der Waals surface area contributed by atoms with Crippen LogP contribution in [-0.4, -0.2) is 28.2 Å². The van der Waals surface area contributed by atoms with Crippen molar-refractivity contribution in [2.75, 3.05) is 18.5 Å². The molecule has 0 aliphatic carbocycles. The Bertz CT molecular complexity index is 446. The molecule has 1 amide bonds. The number of amides is 1. The first-order valence-electron chi connectivity index (χ1n) is 5.38. The van der Waals surface area contributed by atoms with Crippen LogP contribution < -0.4 is 11.1 Å². The molecule has 94 valence electrons. The summed E-state index contributed by atoms with van der Waals surface area (Å²) in [7, 11) is -0.931. The summed E-state index contributed by atoms with van der Waals surface area (Å²) in [6, 6.07) is 5.19. The summed E-state index contributed by atoms with van der Waals surface area (Å²) < 4.78 is 11.1. The Balaban J connectivity index is 2.64. The molecule has 3 N–H and O–H groups in total. The number of nitrogens with one attached hydrogen (secondary N) is 1. The Morgan fingerprint density at radius 2 is 2.18 bits per heavy atom. The molecule has 0 saturated carbocycles. The number of anilines is 1. The molecule has 0 bridgehead atoms. The average Bonchev–Trinajstić information content (AvgIpc) is 2.28. The summed E-state index contributed by atoms with van der Waals surface area (Å²) in [5, 5.41) is 2.69. The summed E-state index contributed by atoms with van der Waals surface area (Å²) in [6.07, 6.45) is 1.63. The van der Waals surface area contributed by atoms with Gasteiger partial charge >= 0.3 is 0 Å². The molecular formula is C12H18N2O2S. The number of hydrogen-bond acceptors (Lipinski definition) is 3. The van der Waals surface area contributed by atoms with Crippen molar-refractivity contribution in [2.24, 2.45) is 0 Å². The Morgan fingerprint density at radius 1 is 1.53 bits per heavy atom. The quantitative estimate of drug-likeness (QED) is 0.790. The third-order valence-corrected chi connectivity index (χ3v) is 3.96. The lowest BCUT2D eigenvalue weighted by atomic mass is 10.1. The second kappa shape index (κ2) is 5.82. The fourth-order valence-corrected chi connectivity index (χ4v) is 1.56. The maximum Gasteiger partial charge on any atom is 0.251 e. The van der Waals surface area contributed by atoms with E-state index in [1.54, 1.807) is 18.4 Å². The Kier molecular flexibility index (Phi) is 4.69. The number of nitrogens with two attached hydrogens (primary N) is 1. The van der Waals surface area contributed by atoms with Crippen LogP contribution in [0.25, 0.3) is 0 Å². The van der Waals surface area contributed by atoms with Crippen molar-refractivity contribution in [3.05, 3.63) is 29.3 Å². The van der Waals surface area contributed by atoms with E-state index in [0.29, 0.717) is 17.8 Å².